The summed E-state index contributed by atoms with van der Waals surface area (Å²) in [6, 6.07) is 10.5. The first kappa shape index (κ1) is 15.3. The molecule has 0 bridgehead atoms. The summed E-state index contributed by atoms with van der Waals surface area (Å²) in [4.78, 5) is 8.05. The van der Waals surface area contributed by atoms with E-state index in [1.807, 2.05) is 24.3 Å². The van der Waals surface area contributed by atoms with Gasteiger partial charge >= 0.3 is 0 Å². The number of hydrogen-bond donors (Lipinski definition) is 2. The number of aliphatic imine (C=N–C) groups is 1. The summed E-state index contributed by atoms with van der Waals surface area (Å²) in [6.07, 6.45) is 1.56. The van der Waals surface area contributed by atoms with Crippen LogP contribution in [0.5, 0.6) is 0 Å². The molecule has 0 amide bonds. The molecule has 0 aliphatic heterocycles. The maximum Gasteiger partial charge on any atom is 0.191 e. The number of halogens is 2. The molecule has 0 fully saturated rings. The standard InChI is InChI=1S/C15H16ClFN4/c1-18-15(20-9-11-5-2-3-6-12(11)16)21-10-14-13(17)7-4-8-19-14/h2-8H,9-10H2,1H3,(H2,18,20,21). The third-order valence-corrected chi connectivity index (χ3v) is 3.25. The quantitative estimate of drug-likeness (QED) is 0.674. The molecular formula is C15H16ClFN4. The van der Waals surface area contributed by atoms with Gasteiger partial charge in [0.25, 0.3) is 0 Å². The zero-order valence-corrected chi connectivity index (χ0v) is 12.4. The maximum atomic E-state index is 13.5. The Hall–Kier alpha value is -2.14. The molecule has 1 aromatic carbocycles. The molecule has 2 N–H and O–H groups in total. The average Bonchev–Trinajstić information content (AvgIpc) is 2.50. The van der Waals surface area contributed by atoms with Crippen molar-refractivity contribution in [1.29, 1.82) is 0 Å². The first-order chi connectivity index (χ1) is 10.2. The average molecular weight is 307 g/mol. The zero-order valence-electron chi connectivity index (χ0n) is 11.6. The molecule has 6 heteroatoms. The van der Waals surface area contributed by atoms with Crippen LogP contribution < -0.4 is 10.6 Å². The van der Waals surface area contributed by atoms with Crippen LogP contribution in [0.1, 0.15) is 11.3 Å². The third kappa shape index (κ3) is 4.43. The molecule has 0 radical (unpaired) electrons. The Balaban J connectivity index is 1.90. The van der Waals surface area contributed by atoms with Gasteiger partial charge in [-0.1, -0.05) is 29.8 Å². The fourth-order valence-corrected chi connectivity index (χ4v) is 1.96. The second-order valence-electron chi connectivity index (χ2n) is 4.30. The number of aromatic nitrogens is 1. The van der Waals surface area contributed by atoms with E-state index < -0.39 is 0 Å². The minimum atomic E-state index is -0.341. The van der Waals surface area contributed by atoms with Gasteiger partial charge in [0.1, 0.15) is 5.82 Å². The summed E-state index contributed by atoms with van der Waals surface area (Å²) < 4.78 is 13.5. The van der Waals surface area contributed by atoms with Crippen molar-refractivity contribution in [2.45, 2.75) is 13.1 Å². The molecule has 0 spiro atoms. The van der Waals surface area contributed by atoms with Gasteiger partial charge in [-0.15, -0.1) is 0 Å². The van der Waals surface area contributed by atoms with Gasteiger partial charge in [0.2, 0.25) is 0 Å². The summed E-state index contributed by atoms with van der Waals surface area (Å²) in [5, 5.41) is 6.82. The van der Waals surface area contributed by atoms with Crippen LogP contribution in [0.3, 0.4) is 0 Å². The highest BCUT2D eigenvalue weighted by Gasteiger charge is 2.05. The van der Waals surface area contributed by atoms with E-state index in [-0.39, 0.29) is 12.4 Å². The van der Waals surface area contributed by atoms with Gasteiger partial charge in [-0.05, 0) is 23.8 Å². The molecule has 1 aromatic heterocycles. The largest absolute Gasteiger partial charge is 0.352 e. The molecule has 2 aromatic rings. The van der Waals surface area contributed by atoms with Gasteiger partial charge in [-0.25, -0.2) is 4.39 Å². The first-order valence-electron chi connectivity index (χ1n) is 6.48. The number of hydrogen-bond acceptors (Lipinski definition) is 2. The van der Waals surface area contributed by atoms with Gasteiger partial charge in [0, 0.05) is 24.8 Å². The molecular weight excluding hydrogens is 291 g/mol. The molecule has 0 unspecified atom stereocenters. The number of pyridine rings is 1. The van der Waals surface area contributed by atoms with E-state index >= 15 is 0 Å². The fourth-order valence-electron chi connectivity index (χ4n) is 1.76. The van der Waals surface area contributed by atoms with E-state index in [0.29, 0.717) is 23.2 Å². The van der Waals surface area contributed by atoms with E-state index in [4.69, 9.17) is 11.6 Å². The third-order valence-electron chi connectivity index (χ3n) is 2.89. The van der Waals surface area contributed by atoms with Gasteiger partial charge in [0.15, 0.2) is 5.96 Å². The summed E-state index contributed by atoms with van der Waals surface area (Å²) >= 11 is 6.08. The molecule has 0 aliphatic carbocycles. The zero-order chi connectivity index (χ0) is 15.1. The lowest BCUT2D eigenvalue weighted by atomic mass is 10.2. The lowest BCUT2D eigenvalue weighted by Gasteiger charge is -2.12. The Bertz CT molecular complexity index is 579. The van der Waals surface area contributed by atoms with Gasteiger partial charge < -0.3 is 10.6 Å². The molecule has 110 valence electrons. The SMILES string of the molecule is CN=C(NCc1ccccc1Cl)NCc1ncccc1F. The lowest BCUT2D eigenvalue weighted by molar-refractivity contribution is 0.592. The Kier molecular flexibility index (Phi) is 5.51. The normalized spacial score (nSPS) is 11.3. The molecule has 1 heterocycles. The Morgan fingerprint density at radius 2 is 1.95 bits per heavy atom. The van der Waals surface area contributed by atoms with E-state index in [1.165, 1.54) is 6.07 Å². The molecule has 0 atom stereocenters. The summed E-state index contributed by atoms with van der Waals surface area (Å²) in [5.41, 5.74) is 1.31. The van der Waals surface area contributed by atoms with Crippen LogP contribution in [0, 0.1) is 5.82 Å². The van der Waals surface area contributed by atoms with Crippen LogP contribution in [0.2, 0.25) is 5.02 Å². The Labute approximate surface area is 128 Å². The predicted molar refractivity (Wildman–Crippen MR) is 82.7 cm³/mol. The molecule has 0 saturated heterocycles. The van der Waals surface area contributed by atoms with Crippen molar-refractivity contribution in [1.82, 2.24) is 15.6 Å². The molecule has 0 saturated carbocycles. The smallest absolute Gasteiger partial charge is 0.191 e. The van der Waals surface area contributed by atoms with E-state index in [0.717, 1.165) is 5.56 Å². The number of rotatable bonds is 4. The number of benzene rings is 1. The van der Waals surface area contributed by atoms with E-state index in [9.17, 15) is 4.39 Å². The van der Waals surface area contributed by atoms with Crippen molar-refractivity contribution in [2.24, 2.45) is 4.99 Å². The molecule has 21 heavy (non-hydrogen) atoms. The molecule has 4 nitrogen and oxygen atoms in total. The molecule has 0 aliphatic rings. The predicted octanol–water partition coefficient (Wildman–Crippen LogP) is 2.74. The summed E-state index contributed by atoms with van der Waals surface area (Å²) in [5.74, 6) is 0.214. The van der Waals surface area contributed by atoms with Crippen LogP contribution in [0.4, 0.5) is 4.39 Å². The second-order valence-corrected chi connectivity index (χ2v) is 4.71. The van der Waals surface area contributed by atoms with Crippen molar-refractivity contribution >= 4 is 17.6 Å². The van der Waals surface area contributed by atoms with Gasteiger partial charge in [0.05, 0.1) is 12.2 Å². The summed E-state index contributed by atoms with van der Waals surface area (Å²) in [7, 11) is 1.65. The number of nitrogens with one attached hydrogen (secondary N) is 2. The van der Waals surface area contributed by atoms with Crippen LogP contribution in [-0.2, 0) is 13.1 Å². The summed E-state index contributed by atoms with van der Waals surface area (Å²) in [6.45, 7) is 0.791. The number of nitrogens with zero attached hydrogens (tertiary/aromatic N) is 2. The maximum absolute atomic E-state index is 13.5. The highest BCUT2D eigenvalue weighted by molar-refractivity contribution is 6.31. The highest BCUT2D eigenvalue weighted by Crippen LogP contribution is 2.14. The van der Waals surface area contributed by atoms with Crippen molar-refractivity contribution in [2.75, 3.05) is 7.05 Å². The van der Waals surface area contributed by atoms with Gasteiger partial charge in [-0.3, -0.25) is 9.98 Å². The molecule has 2 rings (SSSR count). The van der Waals surface area contributed by atoms with Crippen molar-refractivity contribution in [3.63, 3.8) is 0 Å². The second kappa shape index (κ2) is 7.59. The van der Waals surface area contributed by atoms with Crippen molar-refractivity contribution in [3.05, 3.63) is 64.7 Å². The fraction of sp³-hybridized carbons (Fsp3) is 0.200. The van der Waals surface area contributed by atoms with Crippen LogP contribution in [-0.4, -0.2) is 18.0 Å². The minimum absolute atomic E-state index is 0.259. The lowest BCUT2D eigenvalue weighted by Crippen LogP contribution is -2.36. The van der Waals surface area contributed by atoms with E-state index in [1.54, 1.807) is 19.3 Å². The van der Waals surface area contributed by atoms with Crippen LogP contribution in [0.25, 0.3) is 0 Å². The Morgan fingerprint density at radius 3 is 2.67 bits per heavy atom. The topological polar surface area (TPSA) is 49.3 Å². The minimum Gasteiger partial charge on any atom is -0.352 e. The Morgan fingerprint density at radius 1 is 1.19 bits per heavy atom. The van der Waals surface area contributed by atoms with Crippen molar-refractivity contribution < 1.29 is 4.39 Å². The van der Waals surface area contributed by atoms with Crippen molar-refractivity contribution in [3.8, 4) is 0 Å². The monoisotopic (exact) mass is 306 g/mol. The highest BCUT2D eigenvalue weighted by atomic mass is 35.5. The first-order valence-corrected chi connectivity index (χ1v) is 6.86. The van der Waals surface area contributed by atoms with Crippen LogP contribution >= 0.6 is 11.6 Å². The van der Waals surface area contributed by atoms with E-state index in [2.05, 4.69) is 20.6 Å². The van der Waals surface area contributed by atoms with Crippen LogP contribution in [0.15, 0.2) is 47.6 Å². The number of guanidine groups is 1. The van der Waals surface area contributed by atoms with Gasteiger partial charge in [-0.2, -0.15) is 0 Å².